The first kappa shape index (κ1) is 18.2. The van der Waals surface area contributed by atoms with Gasteiger partial charge in [0.2, 0.25) is 10.0 Å². The van der Waals surface area contributed by atoms with Crippen molar-refractivity contribution in [2.24, 2.45) is 0 Å². The van der Waals surface area contributed by atoms with Gasteiger partial charge in [0.25, 0.3) is 5.91 Å². The van der Waals surface area contributed by atoms with Gasteiger partial charge in [0.1, 0.15) is 0 Å². The molecule has 1 saturated heterocycles. The average molecular weight is 352 g/mol. The Balaban J connectivity index is 1.89. The van der Waals surface area contributed by atoms with E-state index >= 15 is 0 Å². The first-order valence-electron chi connectivity index (χ1n) is 7.57. The van der Waals surface area contributed by atoms with Crippen LogP contribution in [0.25, 0.3) is 0 Å². The number of allylic oxidation sites excluding steroid dienone is 1. The normalized spacial score (nSPS) is 16.3. The summed E-state index contributed by atoms with van der Waals surface area (Å²) in [5.41, 5.74) is 0. The van der Waals surface area contributed by atoms with Crippen LogP contribution in [0.2, 0.25) is 0 Å². The van der Waals surface area contributed by atoms with Gasteiger partial charge in [-0.3, -0.25) is 4.79 Å². The third kappa shape index (κ3) is 4.42. The summed E-state index contributed by atoms with van der Waals surface area (Å²) in [5, 5.41) is 0. The van der Waals surface area contributed by atoms with E-state index in [-0.39, 0.29) is 43.6 Å². The van der Waals surface area contributed by atoms with E-state index in [9.17, 15) is 18.0 Å². The zero-order valence-corrected chi connectivity index (χ0v) is 14.2. The molecule has 0 atom stereocenters. The van der Waals surface area contributed by atoms with Gasteiger partial charge in [0, 0.05) is 32.3 Å². The topological polar surface area (TPSA) is 84.0 Å². The lowest BCUT2D eigenvalue weighted by atomic mass is 10.3. The Hall–Kier alpha value is -2.19. The molecule has 0 radical (unpaired) electrons. The van der Waals surface area contributed by atoms with E-state index in [1.807, 2.05) is 0 Å². The standard InChI is InChI=1S/C16H20N2O5S/c1-2-6-16(20)23-13-15(19)17-9-11-18(12-10-17)24(21,22)14-7-4-3-5-8-14/h2-8H,9-13H2,1H3/b6-2+. The van der Waals surface area contributed by atoms with Gasteiger partial charge in [-0.25, -0.2) is 13.2 Å². The fraction of sp³-hybridized carbons (Fsp3) is 0.375. The Kier molecular flexibility index (Phi) is 6.10. The van der Waals surface area contributed by atoms with Crippen molar-refractivity contribution in [3.05, 3.63) is 42.5 Å². The van der Waals surface area contributed by atoms with E-state index < -0.39 is 16.0 Å². The lowest BCUT2D eigenvalue weighted by Crippen LogP contribution is -2.51. The molecular weight excluding hydrogens is 332 g/mol. The molecule has 0 N–H and O–H groups in total. The molecule has 0 bridgehead atoms. The lowest BCUT2D eigenvalue weighted by molar-refractivity contribution is -0.148. The van der Waals surface area contributed by atoms with Gasteiger partial charge in [-0.15, -0.1) is 0 Å². The SMILES string of the molecule is C/C=C/C(=O)OCC(=O)N1CCN(S(=O)(=O)c2ccccc2)CC1. The second kappa shape index (κ2) is 8.07. The average Bonchev–Trinajstić information content (AvgIpc) is 2.61. The number of carbonyl (C=O) groups excluding carboxylic acids is 2. The molecule has 1 heterocycles. The quantitative estimate of drug-likeness (QED) is 0.573. The van der Waals surface area contributed by atoms with Crippen molar-refractivity contribution in [1.29, 1.82) is 0 Å². The minimum Gasteiger partial charge on any atom is -0.452 e. The minimum atomic E-state index is -3.54. The van der Waals surface area contributed by atoms with Crippen molar-refractivity contribution >= 4 is 21.9 Å². The summed E-state index contributed by atoms with van der Waals surface area (Å²) >= 11 is 0. The maximum Gasteiger partial charge on any atom is 0.330 e. The molecule has 2 rings (SSSR count). The van der Waals surface area contributed by atoms with Crippen LogP contribution >= 0.6 is 0 Å². The number of sulfonamides is 1. The number of nitrogens with zero attached hydrogens (tertiary/aromatic N) is 2. The number of piperazine rings is 1. The third-order valence-electron chi connectivity index (χ3n) is 3.61. The van der Waals surface area contributed by atoms with E-state index in [0.717, 1.165) is 0 Å². The van der Waals surface area contributed by atoms with Gasteiger partial charge in [-0.1, -0.05) is 24.3 Å². The highest BCUT2D eigenvalue weighted by molar-refractivity contribution is 7.89. The molecule has 7 nitrogen and oxygen atoms in total. The summed E-state index contributed by atoms with van der Waals surface area (Å²) in [4.78, 5) is 24.9. The van der Waals surface area contributed by atoms with Crippen LogP contribution in [0.1, 0.15) is 6.92 Å². The predicted octanol–water partition coefficient (Wildman–Crippen LogP) is 0.639. The van der Waals surface area contributed by atoms with Gasteiger partial charge in [-0.05, 0) is 19.1 Å². The van der Waals surface area contributed by atoms with Gasteiger partial charge < -0.3 is 9.64 Å². The first-order chi connectivity index (χ1) is 11.4. The number of carbonyl (C=O) groups is 2. The highest BCUT2D eigenvalue weighted by Gasteiger charge is 2.30. The summed E-state index contributed by atoms with van der Waals surface area (Å²) in [6.07, 6.45) is 2.76. The molecule has 1 aromatic carbocycles. The van der Waals surface area contributed by atoms with Crippen molar-refractivity contribution in [3.8, 4) is 0 Å². The van der Waals surface area contributed by atoms with Gasteiger partial charge in [0.05, 0.1) is 4.90 Å². The van der Waals surface area contributed by atoms with Crippen LogP contribution in [0.5, 0.6) is 0 Å². The monoisotopic (exact) mass is 352 g/mol. The van der Waals surface area contributed by atoms with Crippen molar-refractivity contribution in [3.63, 3.8) is 0 Å². The Labute approximate surface area is 141 Å². The number of hydrogen-bond acceptors (Lipinski definition) is 5. The van der Waals surface area contributed by atoms with Crippen molar-refractivity contribution in [2.45, 2.75) is 11.8 Å². The second-order valence-electron chi connectivity index (χ2n) is 5.21. The summed E-state index contributed by atoms with van der Waals surface area (Å²) in [6.45, 7) is 2.31. The van der Waals surface area contributed by atoms with Crippen LogP contribution in [-0.4, -0.2) is 62.3 Å². The molecule has 1 fully saturated rings. The first-order valence-corrected chi connectivity index (χ1v) is 9.01. The summed E-state index contributed by atoms with van der Waals surface area (Å²) < 4.78 is 31.2. The van der Waals surface area contributed by atoms with Gasteiger partial charge >= 0.3 is 5.97 Å². The Morgan fingerprint density at radius 1 is 1.12 bits per heavy atom. The molecule has 0 unspecified atom stereocenters. The number of hydrogen-bond donors (Lipinski definition) is 0. The molecule has 0 aromatic heterocycles. The molecule has 8 heteroatoms. The smallest absolute Gasteiger partial charge is 0.330 e. The van der Waals surface area contributed by atoms with Crippen molar-refractivity contribution < 1.29 is 22.7 Å². The minimum absolute atomic E-state index is 0.214. The molecule has 130 valence electrons. The van der Waals surface area contributed by atoms with Crippen LogP contribution in [-0.2, 0) is 24.3 Å². The molecule has 24 heavy (non-hydrogen) atoms. The van der Waals surface area contributed by atoms with E-state index in [4.69, 9.17) is 4.74 Å². The van der Waals surface area contributed by atoms with E-state index in [1.165, 1.54) is 21.4 Å². The van der Waals surface area contributed by atoms with Crippen molar-refractivity contribution in [2.75, 3.05) is 32.8 Å². The van der Waals surface area contributed by atoms with Crippen LogP contribution in [0.15, 0.2) is 47.4 Å². The Morgan fingerprint density at radius 3 is 2.33 bits per heavy atom. The zero-order chi connectivity index (χ0) is 17.6. The highest BCUT2D eigenvalue weighted by Crippen LogP contribution is 2.17. The van der Waals surface area contributed by atoms with Gasteiger partial charge in [-0.2, -0.15) is 4.31 Å². The molecule has 1 aliphatic heterocycles. The van der Waals surface area contributed by atoms with Crippen LogP contribution in [0, 0.1) is 0 Å². The maximum absolute atomic E-state index is 12.5. The van der Waals surface area contributed by atoms with Crippen molar-refractivity contribution in [1.82, 2.24) is 9.21 Å². The number of esters is 1. The summed E-state index contributed by atoms with van der Waals surface area (Å²) in [7, 11) is -3.54. The molecule has 1 amide bonds. The fourth-order valence-corrected chi connectivity index (χ4v) is 3.77. The number of rotatable bonds is 5. The fourth-order valence-electron chi connectivity index (χ4n) is 2.33. The van der Waals surface area contributed by atoms with E-state index in [0.29, 0.717) is 0 Å². The molecule has 1 aliphatic rings. The lowest BCUT2D eigenvalue weighted by Gasteiger charge is -2.33. The number of benzene rings is 1. The van der Waals surface area contributed by atoms with Crippen LogP contribution in [0.4, 0.5) is 0 Å². The Bertz CT molecular complexity index is 707. The largest absolute Gasteiger partial charge is 0.452 e. The molecular formula is C16H20N2O5S. The van der Waals surface area contributed by atoms with Gasteiger partial charge in [0.15, 0.2) is 6.61 Å². The second-order valence-corrected chi connectivity index (χ2v) is 7.14. The number of ether oxygens (including phenoxy) is 1. The number of amides is 1. The summed E-state index contributed by atoms with van der Waals surface area (Å²) in [5.74, 6) is -0.902. The zero-order valence-electron chi connectivity index (χ0n) is 13.4. The van der Waals surface area contributed by atoms with Crippen LogP contribution < -0.4 is 0 Å². The molecule has 0 aliphatic carbocycles. The van der Waals surface area contributed by atoms with Crippen LogP contribution in [0.3, 0.4) is 0 Å². The third-order valence-corrected chi connectivity index (χ3v) is 5.53. The Morgan fingerprint density at radius 2 is 1.75 bits per heavy atom. The highest BCUT2D eigenvalue weighted by atomic mass is 32.2. The maximum atomic E-state index is 12.5. The summed E-state index contributed by atoms with van der Waals surface area (Å²) in [6, 6.07) is 8.20. The van der Waals surface area contributed by atoms with E-state index in [2.05, 4.69) is 0 Å². The molecule has 1 aromatic rings. The predicted molar refractivity (Wildman–Crippen MR) is 87.6 cm³/mol. The van der Waals surface area contributed by atoms with E-state index in [1.54, 1.807) is 37.3 Å². The molecule has 0 spiro atoms. The molecule has 0 saturated carbocycles.